The molecule has 4 heteroatoms. The number of likely N-dealkylation sites (tertiary alicyclic amines) is 1. The molecule has 0 aliphatic carbocycles. The van der Waals surface area contributed by atoms with E-state index in [0.29, 0.717) is 18.5 Å². The summed E-state index contributed by atoms with van der Waals surface area (Å²) in [5, 5.41) is 0. The summed E-state index contributed by atoms with van der Waals surface area (Å²) in [6.45, 7) is 3.84. The molecule has 2 rings (SSSR count). The fourth-order valence-electron chi connectivity index (χ4n) is 2.29. The molecule has 1 heterocycles. The van der Waals surface area contributed by atoms with Crippen LogP contribution in [0.3, 0.4) is 0 Å². The highest BCUT2D eigenvalue weighted by atomic mass is 16.2. The summed E-state index contributed by atoms with van der Waals surface area (Å²) in [4.78, 5) is 25.1. The third-order valence-corrected chi connectivity index (χ3v) is 3.19. The molecule has 1 aromatic rings. The van der Waals surface area contributed by atoms with Gasteiger partial charge in [-0.1, -0.05) is 24.3 Å². The van der Waals surface area contributed by atoms with E-state index in [-0.39, 0.29) is 24.3 Å². The van der Waals surface area contributed by atoms with E-state index in [2.05, 4.69) is 6.58 Å². The van der Waals surface area contributed by atoms with Crippen LogP contribution in [0.1, 0.15) is 24.3 Å². The van der Waals surface area contributed by atoms with Crippen molar-refractivity contribution in [2.24, 2.45) is 0 Å². The lowest BCUT2D eigenvalue weighted by atomic mass is 9.87. The number of nitrogens with zero attached hydrogens (tertiary/aromatic N) is 1. The molecule has 18 heavy (non-hydrogen) atoms. The van der Waals surface area contributed by atoms with Gasteiger partial charge in [-0.05, 0) is 11.6 Å². The molecule has 1 fully saturated rings. The van der Waals surface area contributed by atoms with Crippen molar-refractivity contribution in [3.05, 3.63) is 42.5 Å². The second-order valence-corrected chi connectivity index (χ2v) is 4.42. The molecule has 0 bridgehead atoms. The number of carbonyl (C=O) groups excluding carboxylic acids is 2. The van der Waals surface area contributed by atoms with Crippen molar-refractivity contribution in [3.63, 3.8) is 0 Å². The summed E-state index contributed by atoms with van der Waals surface area (Å²) < 4.78 is 0. The van der Waals surface area contributed by atoms with Crippen LogP contribution in [0, 0.1) is 0 Å². The zero-order valence-corrected chi connectivity index (χ0v) is 10.1. The topological polar surface area (TPSA) is 63.4 Å². The largest absolute Gasteiger partial charge is 0.398 e. The van der Waals surface area contributed by atoms with Crippen LogP contribution in [0.5, 0.6) is 0 Å². The predicted molar refractivity (Wildman–Crippen MR) is 69.7 cm³/mol. The van der Waals surface area contributed by atoms with Crippen molar-refractivity contribution in [3.8, 4) is 0 Å². The number of amides is 2. The minimum Gasteiger partial charge on any atom is -0.398 e. The molecule has 1 saturated heterocycles. The van der Waals surface area contributed by atoms with E-state index >= 15 is 0 Å². The predicted octanol–water partition coefficient (Wildman–Crippen LogP) is 1.69. The number of imide groups is 1. The van der Waals surface area contributed by atoms with Gasteiger partial charge in [-0.15, -0.1) is 6.58 Å². The van der Waals surface area contributed by atoms with E-state index in [1.165, 1.54) is 4.90 Å². The average Bonchev–Trinajstić information content (AvgIpc) is 2.34. The molecule has 1 aliphatic heterocycles. The smallest absolute Gasteiger partial charge is 0.230 e. The number of anilines is 1. The maximum Gasteiger partial charge on any atom is 0.230 e. The highest BCUT2D eigenvalue weighted by Gasteiger charge is 2.33. The summed E-state index contributed by atoms with van der Waals surface area (Å²) in [5.41, 5.74) is 7.41. The maximum absolute atomic E-state index is 11.9. The number of nitrogen functional groups attached to an aromatic ring is 1. The molecular weight excluding hydrogens is 228 g/mol. The molecule has 0 atom stereocenters. The van der Waals surface area contributed by atoms with E-state index in [1.807, 2.05) is 18.2 Å². The molecule has 0 radical (unpaired) electrons. The summed E-state index contributed by atoms with van der Waals surface area (Å²) in [6, 6.07) is 7.39. The third kappa shape index (κ3) is 2.27. The van der Waals surface area contributed by atoms with E-state index in [4.69, 9.17) is 5.73 Å². The van der Waals surface area contributed by atoms with Gasteiger partial charge >= 0.3 is 0 Å². The first-order valence-electron chi connectivity index (χ1n) is 5.92. The summed E-state index contributed by atoms with van der Waals surface area (Å²) in [5.74, 6) is -0.411. The monoisotopic (exact) mass is 244 g/mol. The van der Waals surface area contributed by atoms with Gasteiger partial charge in [0, 0.05) is 31.0 Å². The van der Waals surface area contributed by atoms with Crippen LogP contribution in [-0.2, 0) is 9.59 Å². The van der Waals surface area contributed by atoms with E-state index < -0.39 is 0 Å². The van der Waals surface area contributed by atoms with Gasteiger partial charge in [-0.25, -0.2) is 0 Å². The van der Waals surface area contributed by atoms with Gasteiger partial charge in [0.2, 0.25) is 11.8 Å². The molecule has 2 amide bonds. The minimum absolute atomic E-state index is 0.104. The Balaban J connectivity index is 2.20. The third-order valence-electron chi connectivity index (χ3n) is 3.19. The van der Waals surface area contributed by atoms with Gasteiger partial charge < -0.3 is 5.73 Å². The van der Waals surface area contributed by atoms with Crippen LogP contribution in [0.2, 0.25) is 0 Å². The number of rotatable bonds is 3. The summed E-state index contributed by atoms with van der Waals surface area (Å²) in [7, 11) is 0. The van der Waals surface area contributed by atoms with Crippen LogP contribution < -0.4 is 5.73 Å². The first-order valence-corrected chi connectivity index (χ1v) is 5.92. The number of benzene rings is 1. The fourth-order valence-corrected chi connectivity index (χ4v) is 2.29. The number of carbonyl (C=O) groups is 2. The molecule has 2 N–H and O–H groups in total. The Hall–Kier alpha value is -2.10. The lowest BCUT2D eigenvalue weighted by Gasteiger charge is -2.29. The van der Waals surface area contributed by atoms with Gasteiger partial charge in [0.15, 0.2) is 0 Å². The Morgan fingerprint density at radius 1 is 1.28 bits per heavy atom. The van der Waals surface area contributed by atoms with E-state index in [0.717, 1.165) is 5.56 Å². The van der Waals surface area contributed by atoms with Crippen molar-refractivity contribution in [2.45, 2.75) is 18.8 Å². The lowest BCUT2D eigenvalue weighted by molar-refractivity contribution is -0.147. The molecule has 0 unspecified atom stereocenters. The van der Waals surface area contributed by atoms with Crippen LogP contribution in [0.4, 0.5) is 5.69 Å². The van der Waals surface area contributed by atoms with Crippen LogP contribution >= 0.6 is 0 Å². The molecular formula is C14H16N2O2. The Morgan fingerprint density at radius 3 is 2.44 bits per heavy atom. The number of hydrogen-bond acceptors (Lipinski definition) is 3. The van der Waals surface area contributed by atoms with E-state index in [9.17, 15) is 9.59 Å². The van der Waals surface area contributed by atoms with Crippen LogP contribution in [0.15, 0.2) is 36.9 Å². The van der Waals surface area contributed by atoms with Crippen LogP contribution in [-0.4, -0.2) is 23.3 Å². The van der Waals surface area contributed by atoms with Crippen molar-refractivity contribution in [1.29, 1.82) is 0 Å². The molecule has 0 spiro atoms. The zero-order valence-electron chi connectivity index (χ0n) is 10.1. The first-order chi connectivity index (χ1) is 8.63. The Morgan fingerprint density at radius 2 is 1.89 bits per heavy atom. The van der Waals surface area contributed by atoms with Crippen molar-refractivity contribution >= 4 is 17.5 Å². The zero-order chi connectivity index (χ0) is 13.1. The van der Waals surface area contributed by atoms with Gasteiger partial charge in [0.05, 0.1) is 0 Å². The average molecular weight is 244 g/mol. The number of hydrogen-bond donors (Lipinski definition) is 1. The molecule has 94 valence electrons. The van der Waals surface area contributed by atoms with Gasteiger partial charge in [0.1, 0.15) is 0 Å². The standard InChI is InChI=1S/C14H16N2O2/c1-2-7-16-13(17)8-10(9-14(16)18)11-5-3-4-6-12(11)15/h2-6,10H,1,7-9,15H2. The van der Waals surface area contributed by atoms with Gasteiger partial charge in [-0.2, -0.15) is 0 Å². The Bertz CT molecular complexity index is 478. The van der Waals surface area contributed by atoms with Crippen LogP contribution in [0.25, 0.3) is 0 Å². The van der Waals surface area contributed by atoms with Crippen molar-refractivity contribution in [1.82, 2.24) is 4.90 Å². The molecule has 0 saturated carbocycles. The summed E-state index contributed by atoms with van der Waals surface area (Å²) >= 11 is 0. The second-order valence-electron chi connectivity index (χ2n) is 4.42. The lowest BCUT2D eigenvalue weighted by Crippen LogP contribution is -2.42. The Labute approximate surface area is 106 Å². The Kier molecular flexibility index (Phi) is 3.46. The molecule has 1 aromatic carbocycles. The highest BCUT2D eigenvalue weighted by molar-refractivity contribution is 5.99. The van der Waals surface area contributed by atoms with E-state index in [1.54, 1.807) is 12.1 Å². The number of para-hydroxylation sites is 1. The molecule has 4 nitrogen and oxygen atoms in total. The highest BCUT2D eigenvalue weighted by Crippen LogP contribution is 2.32. The quantitative estimate of drug-likeness (QED) is 0.500. The fraction of sp³-hybridized carbons (Fsp3) is 0.286. The van der Waals surface area contributed by atoms with Crippen molar-refractivity contribution < 1.29 is 9.59 Å². The van der Waals surface area contributed by atoms with Gasteiger partial charge in [-0.3, -0.25) is 14.5 Å². The number of nitrogens with two attached hydrogens (primary N) is 1. The summed E-state index contributed by atoms with van der Waals surface area (Å²) in [6.07, 6.45) is 2.22. The number of piperidine rings is 1. The van der Waals surface area contributed by atoms with Gasteiger partial charge in [0.25, 0.3) is 0 Å². The molecule has 0 aromatic heterocycles. The maximum atomic E-state index is 11.9. The second kappa shape index (κ2) is 5.04. The molecule has 1 aliphatic rings. The normalized spacial score (nSPS) is 17.0. The minimum atomic E-state index is -0.153. The van der Waals surface area contributed by atoms with Crippen molar-refractivity contribution in [2.75, 3.05) is 12.3 Å². The first kappa shape index (κ1) is 12.4. The SMILES string of the molecule is C=CCN1C(=O)CC(c2ccccc2N)CC1=O.